The highest BCUT2D eigenvalue weighted by Crippen LogP contribution is 2.10. The molecule has 1 N–H and O–H groups in total. The van der Waals surface area contributed by atoms with Gasteiger partial charge in [-0.3, -0.25) is 4.90 Å². The Balaban J connectivity index is 2.14. The zero-order chi connectivity index (χ0) is 11.3. The monoisotopic (exact) mass is 214 g/mol. The van der Waals surface area contributed by atoms with Crippen molar-refractivity contribution in [1.82, 2.24) is 10.2 Å². The van der Waals surface area contributed by atoms with Crippen LogP contribution in [0, 0.1) is 5.41 Å². The lowest BCUT2D eigenvalue weighted by Gasteiger charge is -2.33. The maximum atomic E-state index is 5.35. The van der Waals surface area contributed by atoms with Crippen molar-refractivity contribution in [3.63, 3.8) is 0 Å². The molecule has 0 aromatic carbocycles. The second kappa shape index (κ2) is 5.83. The molecule has 15 heavy (non-hydrogen) atoms. The van der Waals surface area contributed by atoms with Crippen LogP contribution in [0.3, 0.4) is 0 Å². The van der Waals surface area contributed by atoms with Gasteiger partial charge >= 0.3 is 0 Å². The van der Waals surface area contributed by atoms with Gasteiger partial charge in [0.1, 0.15) is 0 Å². The Hall–Kier alpha value is -0.120. The minimum atomic E-state index is 0.380. The summed E-state index contributed by atoms with van der Waals surface area (Å²) in [5.41, 5.74) is 0.380. The topological polar surface area (TPSA) is 24.5 Å². The zero-order valence-corrected chi connectivity index (χ0v) is 10.7. The number of ether oxygens (including phenoxy) is 1. The third-order valence-corrected chi connectivity index (χ3v) is 2.76. The van der Waals surface area contributed by atoms with Gasteiger partial charge in [0.25, 0.3) is 0 Å². The minimum absolute atomic E-state index is 0.380. The van der Waals surface area contributed by atoms with E-state index in [1.807, 2.05) is 0 Å². The molecule has 0 spiro atoms. The number of rotatable bonds is 4. The van der Waals surface area contributed by atoms with Crippen LogP contribution in [-0.4, -0.2) is 50.3 Å². The highest BCUT2D eigenvalue weighted by molar-refractivity contribution is 4.73. The van der Waals surface area contributed by atoms with Gasteiger partial charge in [0.05, 0.1) is 13.2 Å². The van der Waals surface area contributed by atoms with Gasteiger partial charge in [-0.25, -0.2) is 0 Å². The van der Waals surface area contributed by atoms with Gasteiger partial charge in [0.15, 0.2) is 0 Å². The van der Waals surface area contributed by atoms with Crippen LogP contribution in [0.25, 0.3) is 0 Å². The van der Waals surface area contributed by atoms with Crippen molar-refractivity contribution in [3.8, 4) is 0 Å². The number of morpholine rings is 1. The Labute approximate surface area is 94.2 Å². The molecule has 1 aliphatic rings. The molecule has 1 saturated heterocycles. The van der Waals surface area contributed by atoms with Crippen molar-refractivity contribution in [1.29, 1.82) is 0 Å². The maximum absolute atomic E-state index is 5.35. The summed E-state index contributed by atoms with van der Waals surface area (Å²) in [7, 11) is 0. The summed E-state index contributed by atoms with van der Waals surface area (Å²) in [6.07, 6.45) is 0. The first-order valence-corrected chi connectivity index (χ1v) is 6.01. The molecule has 90 valence electrons. The van der Waals surface area contributed by atoms with Gasteiger partial charge in [-0.2, -0.15) is 0 Å². The van der Waals surface area contributed by atoms with Crippen LogP contribution in [-0.2, 0) is 4.74 Å². The van der Waals surface area contributed by atoms with Crippen molar-refractivity contribution in [2.24, 2.45) is 5.41 Å². The molecule has 1 atom stereocenters. The average Bonchev–Trinajstić information content (AvgIpc) is 2.17. The van der Waals surface area contributed by atoms with Gasteiger partial charge in [0, 0.05) is 32.2 Å². The molecule has 0 aromatic rings. The van der Waals surface area contributed by atoms with Crippen LogP contribution in [0.1, 0.15) is 27.7 Å². The molecule has 0 amide bonds. The maximum Gasteiger partial charge on any atom is 0.0594 e. The zero-order valence-electron chi connectivity index (χ0n) is 10.7. The first-order chi connectivity index (χ1) is 6.99. The lowest BCUT2D eigenvalue weighted by atomic mass is 9.97. The lowest BCUT2D eigenvalue weighted by molar-refractivity contribution is 0.0201. The third-order valence-electron chi connectivity index (χ3n) is 2.76. The molecule has 1 rings (SSSR count). The fraction of sp³-hybridized carbons (Fsp3) is 1.00. The van der Waals surface area contributed by atoms with E-state index in [2.05, 4.69) is 37.9 Å². The average molecular weight is 214 g/mol. The summed E-state index contributed by atoms with van der Waals surface area (Å²) in [4.78, 5) is 2.50. The van der Waals surface area contributed by atoms with Crippen LogP contribution in [0.15, 0.2) is 0 Å². The van der Waals surface area contributed by atoms with E-state index in [-0.39, 0.29) is 0 Å². The van der Waals surface area contributed by atoms with Crippen LogP contribution >= 0.6 is 0 Å². The van der Waals surface area contributed by atoms with Crippen LogP contribution < -0.4 is 5.32 Å². The summed E-state index contributed by atoms with van der Waals surface area (Å²) in [6, 6.07) is 0.622. The highest BCUT2D eigenvalue weighted by atomic mass is 16.5. The molecule has 3 nitrogen and oxygen atoms in total. The second-order valence-electron chi connectivity index (χ2n) is 5.69. The normalized spacial score (nSPS) is 21.6. The molecule has 1 aliphatic heterocycles. The predicted molar refractivity (Wildman–Crippen MR) is 64.2 cm³/mol. The Bertz CT molecular complexity index is 171. The summed E-state index contributed by atoms with van der Waals surface area (Å²) >= 11 is 0. The van der Waals surface area contributed by atoms with Crippen molar-refractivity contribution in [2.75, 3.05) is 39.4 Å². The van der Waals surface area contributed by atoms with Crippen LogP contribution in [0.2, 0.25) is 0 Å². The van der Waals surface area contributed by atoms with E-state index in [9.17, 15) is 0 Å². The van der Waals surface area contributed by atoms with E-state index in [1.165, 1.54) is 0 Å². The van der Waals surface area contributed by atoms with Crippen molar-refractivity contribution in [2.45, 2.75) is 33.7 Å². The molecule has 0 saturated carbocycles. The first kappa shape index (κ1) is 12.9. The van der Waals surface area contributed by atoms with Gasteiger partial charge in [-0.1, -0.05) is 20.8 Å². The highest BCUT2D eigenvalue weighted by Gasteiger charge is 2.17. The second-order valence-corrected chi connectivity index (χ2v) is 5.69. The molecule has 0 radical (unpaired) electrons. The fourth-order valence-corrected chi connectivity index (χ4v) is 1.80. The molecule has 0 aromatic heterocycles. The molecule has 1 unspecified atom stereocenters. The van der Waals surface area contributed by atoms with Crippen molar-refractivity contribution >= 4 is 0 Å². The largest absolute Gasteiger partial charge is 0.379 e. The van der Waals surface area contributed by atoms with E-state index >= 15 is 0 Å². The Kier molecular flexibility index (Phi) is 5.03. The van der Waals surface area contributed by atoms with Crippen LogP contribution in [0.4, 0.5) is 0 Å². The summed E-state index contributed by atoms with van der Waals surface area (Å²) < 4.78 is 5.35. The summed E-state index contributed by atoms with van der Waals surface area (Å²) in [5, 5.41) is 3.54. The van der Waals surface area contributed by atoms with Gasteiger partial charge in [0.2, 0.25) is 0 Å². The lowest BCUT2D eigenvalue weighted by Crippen LogP contribution is -2.47. The predicted octanol–water partition coefficient (Wildman–Crippen LogP) is 1.34. The molecule has 1 fully saturated rings. The number of nitrogens with one attached hydrogen (secondary N) is 1. The third kappa shape index (κ3) is 5.50. The van der Waals surface area contributed by atoms with Gasteiger partial charge in [-0.05, 0) is 12.3 Å². The molecule has 3 heteroatoms. The molecule has 1 heterocycles. The minimum Gasteiger partial charge on any atom is -0.379 e. The molecular weight excluding hydrogens is 188 g/mol. The smallest absolute Gasteiger partial charge is 0.0594 e. The Morgan fingerprint density at radius 1 is 1.27 bits per heavy atom. The SMILES string of the molecule is CC(CNCC(C)(C)C)N1CCOCC1. The summed E-state index contributed by atoms with van der Waals surface area (Å²) in [6.45, 7) is 15.2. The Morgan fingerprint density at radius 2 is 1.87 bits per heavy atom. The first-order valence-electron chi connectivity index (χ1n) is 6.01. The van der Waals surface area contributed by atoms with Crippen molar-refractivity contribution < 1.29 is 4.74 Å². The van der Waals surface area contributed by atoms with E-state index < -0.39 is 0 Å². The van der Waals surface area contributed by atoms with E-state index in [1.54, 1.807) is 0 Å². The van der Waals surface area contributed by atoms with E-state index in [0.29, 0.717) is 11.5 Å². The summed E-state index contributed by atoms with van der Waals surface area (Å²) in [5.74, 6) is 0. The standard InChI is InChI=1S/C12H26N2O/c1-11(9-13-10-12(2,3)4)14-5-7-15-8-6-14/h11,13H,5-10H2,1-4H3. The van der Waals surface area contributed by atoms with E-state index in [0.717, 1.165) is 39.4 Å². The molecular formula is C12H26N2O. The Morgan fingerprint density at radius 3 is 2.40 bits per heavy atom. The number of hydrogen-bond donors (Lipinski definition) is 1. The number of hydrogen-bond acceptors (Lipinski definition) is 3. The fourth-order valence-electron chi connectivity index (χ4n) is 1.80. The van der Waals surface area contributed by atoms with Crippen LogP contribution in [0.5, 0.6) is 0 Å². The van der Waals surface area contributed by atoms with Crippen molar-refractivity contribution in [3.05, 3.63) is 0 Å². The van der Waals surface area contributed by atoms with E-state index in [4.69, 9.17) is 4.74 Å². The van der Waals surface area contributed by atoms with Gasteiger partial charge in [-0.15, -0.1) is 0 Å². The molecule has 0 bridgehead atoms. The molecule has 0 aliphatic carbocycles. The quantitative estimate of drug-likeness (QED) is 0.764. The van der Waals surface area contributed by atoms with Gasteiger partial charge < -0.3 is 10.1 Å². The number of nitrogens with zero attached hydrogens (tertiary/aromatic N) is 1.